The third-order valence-electron chi connectivity index (χ3n) is 4.11. The number of nitrogens with zero attached hydrogens (tertiary/aromatic N) is 1. The summed E-state index contributed by atoms with van der Waals surface area (Å²) in [5.74, 6) is 0. The Balaban J connectivity index is 2.06. The Morgan fingerprint density at radius 3 is 2.58 bits per heavy atom. The Morgan fingerprint density at radius 1 is 1.08 bits per heavy atom. The molecular formula is C20H21N3O. The fraction of sp³-hybridized carbons (Fsp3) is 0.200. The van der Waals surface area contributed by atoms with Gasteiger partial charge in [-0.15, -0.1) is 0 Å². The number of hydrogen-bond donors (Lipinski definition) is 2. The van der Waals surface area contributed by atoms with Crippen LogP contribution in [0.4, 0.5) is 10.5 Å². The molecule has 0 radical (unpaired) electrons. The fourth-order valence-corrected chi connectivity index (χ4v) is 2.87. The largest absolute Gasteiger partial charge is 0.341 e. The lowest BCUT2D eigenvalue weighted by Gasteiger charge is -2.16. The third kappa shape index (κ3) is 3.38. The zero-order chi connectivity index (χ0) is 16.9. The molecule has 1 heterocycles. The second kappa shape index (κ2) is 7.13. The van der Waals surface area contributed by atoms with E-state index in [1.807, 2.05) is 43.3 Å². The number of rotatable bonds is 3. The zero-order valence-corrected chi connectivity index (χ0v) is 14.0. The van der Waals surface area contributed by atoms with E-state index in [9.17, 15) is 4.79 Å². The standard InChI is InChI=1S/C20H21N3O/c1-14-17(9-6-12-22-14)16-10-11-18(15-7-4-3-5-8-15)19(13-16)23-20(24)21-2/h3-5,7-11,13H,6,12H2,1-2H3,(H2,21,23,24). The summed E-state index contributed by atoms with van der Waals surface area (Å²) in [6.45, 7) is 2.88. The van der Waals surface area contributed by atoms with E-state index in [1.165, 1.54) is 0 Å². The zero-order valence-electron chi connectivity index (χ0n) is 14.0. The van der Waals surface area contributed by atoms with Gasteiger partial charge in [0.05, 0.1) is 5.69 Å². The number of aliphatic imine (C=N–C) groups is 1. The second-order valence-corrected chi connectivity index (χ2v) is 5.70. The van der Waals surface area contributed by atoms with Crippen LogP contribution in [0.3, 0.4) is 0 Å². The van der Waals surface area contributed by atoms with Gasteiger partial charge < -0.3 is 10.6 Å². The van der Waals surface area contributed by atoms with Crippen molar-refractivity contribution in [3.05, 3.63) is 60.2 Å². The van der Waals surface area contributed by atoms with E-state index >= 15 is 0 Å². The minimum absolute atomic E-state index is 0.229. The number of benzene rings is 2. The molecule has 122 valence electrons. The molecule has 0 saturated carbocycles. The highest BCUT2D eigenvalue weighted by atomic mass is 16.2. The summed E-state index contributed by atoms with van der Waals surface area (Å²) in [5, 5.41) is 5.55. The Bertz CT molecular complexity index is 807. The van der Waals surface area contributed by atoms with Crippen molar-refractivity contribution >= 4 is 23.0 Å². The number of nitrogens with one attached hydrogen (secondary N) is 2. The Kier molecular flexibility index (Phi) is 4.75. The molecule has 1 aliphatic rings. The minimum Gasteiger partial charge on any atom is -0.341 e. The summed E-state index contributed by atoms with van der Waals surface area (Å²) >= 11 is 0. The van der Waals surface area contributed by atoms with E-state index in [2.05, 4.69) is 33.8 Å². The SMILES string of the molecule is CNC(=O)Nc1cc(C2=CCCN=C2C)ccc1-c1ccccc1. The predicted octanol–water partition coefficient (Wildman–Crippen LogP) is 4.35. The topological polar surface area (TPSA) is 53.5 Å². The molecule has 24 heavy (non-hydrogen) atoms. The van der Waals surface area contributed by atoms with Gasteiger partial charge in [-0.05, 0) is 36.1 Å². The number of carbonyl (C=O) groups excluding carboxylic acids is 1. The molecular weight excluding hydrogens is 298 g/mol. The van der Waals surface area contributed by atoms with Crippen LogP contribution in [0.25, 0.3) is 16.7 Å². The van der Waals surface area contributed by atoms with Crippen molar-refractivity contribution in [1.29, 1.82) is 0 Å². The van der Waals surface area contributed by atoms with E-state index < -0.39 is 0 Å². The van der Waals surface area contributed by atoms with Crippen LogP contribution in [0.15, 0.2) is 59.6 Å². The van der Waals surface area contributed by atoms with E-state index in [-0.39, 0.29) is 6.03 Å². The van der Waals surface area contributed by atoms with Crippen molar-refractivity contribution in [2.24, 2.45) is 4.99 Å². The van der Waals surface area contributed by atoms with Crippen molar-refractivity contribution in [2.45, 2.75) is 13.3 Å². The van der Waals surface area contributed by atoms with Gasteiger partial charge in [0.2, 0.25) is 0 Å². The summed E-state index contributed by atoms with van der Waals surface area (Å²) in [4.78, 5) is 16.4. The molecule has 2 N–H and O–H groups in total. The lowest BCUT2D eigenvalue weighted by Crippen LogP contribution is -2.24. The molecule has 2 aromatic rings. The van der Waals surface area contributed by atoms with Gasteiger partial charge in [0.25, 0.3) is 0 Å². The van der Waals surface area contributed by atoms with E-state index in [4.69, 9.17) is 0 Å². The van der Waals surface area contributed by atoms with E-state index in [0.29, 0.717) is 0 Å². The smallest absolute Gasteiger partial charge is 0.318 e. The molecule has 4 nitrogen and oxygen atoms in total. The monoisotopic (exact) mass is 319 g/mol. The maximum atomic E-state index is 11.9. The number of urea groups is 1. The minimum atomic E-state index is -0.229. The fourth-order valence-electron chi connectivity index (χ4n) is 2.87. The molecule has 0 atom stereocenters. The lowest BCUT2D eigenvalue weighted by molar-refractivity contribution is 0.254. The first-order chi connectivity index (χ1) is 11.7. The summed E-state index contributed by atoms with van der Waals surface area (Å²) in [5.41, 5.74) is 6.10. The normalized spacial score (nSPS) is 13.8. The summed E-state index contributed by atoms with van der Waals surface area (Å²) in [6.07, 6.45) is 3.16. The summed E-state index contributed by atoms with van der Waals surface area (Å²) < 4.78 is 0. The van der Waals surface area contributed by atoms with Crippen LogP contribution in [0.2, 0.25) is 0 Å². The third-order valence-corrected chi connectivity index (χ3v) is 4.11. The average molecular weight is 319 g/mol. The van der Waals surface area contributed by atoms with Crippen molar-refractivity contribution in [1.82, 2.24) is 5.32 Å². The molecule has 1 aliphatic heterocycles. The van der Waals surface area contributed by atoms with Gasteiger partial charge in [0.15, 0.2) is 0 Å². The van der Waals surface area contributed by atoms with Crippen LogP contribution in [-0.2, 0) is 0 Å². The van der Waals surface area contributed by atoms with Gasteiger partial charge >= 0.3 is 6.03 Å². The molecule has 0 fully saturated rings. The van der Waals surface area contributed by atoms with Crippen LogP contribution in [0.5, 0.6) is 0 Å². The lowest BCUT2D eigenvalue weighted by atomic mass is 9.94. The van der Waals surface area contributed by atoms with E-state index in [1.54, 1.807) is 7.05 Å². The van der Waals surface area contributed by atoms with E-state index in [0.717, 1.165) is 46.6 Å². The van der Waals surface area contributed by atoms with Gasteiger partial charge in [0.1, 0.15) is 0 Å². The van der Waals surface area contributed by atoms with Crippen molar-refractivity contribution in [2.75, 3.05) is 18.9 Å². The second-order valence-electron chi connectivity index (χ2n) is 5.70. The van der Waals surface area contributed by atoms with Crippen molar-refractivity contribution in [3.8, 4) is 11.1 Å². The highest BCUT2D eigenvalue weighted by Gasteiger charge is 2.13. The molecule has 0 aromatic heterocycles. The number of allylic oxidation sites excluding steroid dienone is 1. The Hall–Kier alpha value is -2.88. The molecule has 4 heteroatoms. The van der Waals surface area contributed by atoms with Gasteiger partial charge in [-0.3, -0.25) is 4.99 Å². The average Bonchev–Trinajstić information content (AvgIpc) is 2.62. The summed E-state index contributed by atoms with van der Waals surface area (Å²) in [7, 11) is 1.61. The number of amides is 2. The summed E-state index contributed by atoms with van der Waals surface area (Å²) in [6, 6.07) is 16.0. The highest BCUT2D eigenvalue weighted by Crippen LogP contribution is 2.32. The Morgan fingerprint density at radius 2 is 1.88 bits per heavy atom. The van der Waals surface area contributed by atoms with Gasteiger partial charge in [0, 0.05) is 24.9 Å². The number of anilines is 1. The Labute approximate surface area is 142 Å². The van der Waals surface area contributed by atoms with Crippen molar-refractivity contribution < 1.29 is 4.79 Å². The molecule has 0 unspecified atom stereocenters. The molecule has 0 bridgehead atoms. The number of dihydropyridines is 1. The van der Waals surface area contributed by atoms with Gasteiger partial charge in [-0.25, -0.2) is 4.79 Å². The molecule has 2 aromatic carbocycles. The molecule has 0 spiro atoms. The number of hydrogen-bond acceptors (Lipinski definition) is 2. The molecule has 3 rings (SSSR count). The van der Waals surface area contributed by atoms with Crippen LogP contribution in [0, 0.1) is 0 Å². The van der Waals surface area contributed by atoms with Crippen molar-refractivity contribution in [3.63, 3.8) is 0 Å². The van der Waals surface area contributed by atoms with Crippen LogP contribution >= 0.6 is 0 Å². The van der Waals surface area contributed by atoms with Crippen LogP contribution < -0.4 is 10.6 Å². The van der Waals surface area contributed by atoms with Crippen LogP contribution in [-0.4, -0.2) is 25.3 Å². The molecule has 0 saturated heterocycles. The first-order valence-electron chi connectivity index (χ1n) is 8.09. The van der Waals surface area contributed by atoms with Gasteiger partial charge in [-0.1, -0.05) is 48.5 Å². The highest BCUT2D eigenvalue weighted by molar-refractivity contribution is 6.23. The first kappa shape index (κ1) is 16.0. The molecule has 0 aliphatic carbocycles. The molecule has 2 amide bonds. The number of carbonyl (C=O) groups is 1. The van der Waals surface area contributed by atoms with Gasteiger partial charge in [-0.2, -0.15) is 0 Å². The first-order valence-corrected chi connectivity index (χ1v) is 8.09. The maximum absolute atomic E-state index is 11.9. The quantitative estimate of drug-likeness (QED) is 0.868. The van der Waals surface area contributed by atoms with Crippen LogP contribution in [0.1, 0.15) is 18.9 Å². The maximum Gasteiger partial charge on any atom is 0.318 e. The predicted molar refractivity (Wildman–Crippen MR) is 101 cm³/mol.